The summed E-state index contributed by atoms with van der Waals surface area (Å²) in [6.45, 7) is 1.94. The second-order valence-electron chi connectivity index (χ2n) is 3.05. The van der Waals surface area contributed by atoms with Crippen molar-refractivity contribution in [2.75, 3.05) is 13.1 Å². The molecule has 1 unspecified atom stereocenters. The van der Waals surface area contributed by atoms with E-state index in [9.17, 15) is 4.39 Å². The zero-order chi connectivity index (χ0) is 8.39. The molecule has 0 bridgehead atoms. The third kappa shape index (κ3) is 1.48. The van der Waals surface area contributed by atoms with Crippen molar-refractivity contribution in [2.45, 2.75) is 5.92 Å². The molecule has 1 heterocycles. The lowest BCUT2D eigenvalue weighted by atomic mass is 9.99. The fraction of sp³-hybridized carbons (Fsp3) is 0.300. The molecule has 0 saturated carbocycles. The highest BCUT2D eigenvalue weighted by molar-refractivity contribution is 5.25. The van der Waals surface area contributed by atoms with Gasteiger partial charge in [-0.2, -0.15) is 0 Å². The van der Waals surface area contributed by atoms with Crippen molar-refractivity contribution in [3.8, 4) is 0 Å². The normalized spacial score (nSPS) is 22.9. The van der Waals surface area contributed by atoms with E-state index in [1.54, 1.807) is 0 Å². The Bertz CT molecular complexity index is 249. The highest BCUT2D eigenvalue weighted by atomic mass is 19.1. The first kappa shape index (κ1) is 7.74. The second kappa shape index (κ2) is 3.23. The van der Waals surface area contributed by atoms with Crippen LogP contribution in [0.5, 0.6) is 0 Å². The summed E-state index contributed by atoms with van der Waals surface area (Å²) in [5, 5.41) is 3.24. The second-order valence-corrected chi connectivity index (χ2v) is 3.05. The highest BCUT2D eigenvalue weighted by Gasteiger charge is 2.16. The van der Waals surface area contributed by atoms with E-state index >= 15 is 0 Å². The van der Waals surface area contributed by atoms with Gasteiger partial charge in [0.15, 0.2) is 0 Å². The minimum Gasteiger partial charge on any atom is -0.316 e. The van der Waals surface area contributed by atoms with Gasteiger partial charge >= 0.3 is 0 Å². The lowest BCUT2D eigenvalue weighted by Crippen LogP contribution is -2.07. The number of hydrogen-bond acceptors (Lipinski definition) is 1. The SMILES string of the molecule is Fc1ccc(C2[CH]CNC2)cc1. The third-order valence-corrected chi connectivity index (χ3v) is 2.21. The summed E-state index contributed by atoms with van der Waals surface area (Å²) in [5.41, 5.74) is 1.20. The zero-order valence-electron chi connectivity index (χ0n) is 6.76. The highest BCUT2D eigenvalue weighted by Crippen LogP contribution is 2.21. The summed E-state index contributed by atoms with van der Waals surface area (Å²) in [4.78, 5) is 0. The number of benzene rings is 1. The molecule has 1 aliphatic rings. The molecular weight excluding hydrogens is 153 g/mol. The van der Waals surface area contributed by atoms with Gasteiger partial charge in [0.1, 0.15) is 5.82 Å². The molecule has 0 spiro atoms. The van der Waals surface area contributed by atoms with Crippen LogP contribution in [0.4, 0.5) is 4.39 Å². The van der Waals surface area contributed by atoms with E-state index in [0.29, 0.717) is 5.92 Å². The van der Waals surface area contributed by atoms with E-state index in [1.165, 1.54) is 17.7 Å². The van der Waals surface area contributed by atoms with Crippen LogP contribution in [0, 0.1) is 12.2 Å². The Labute approximate surface area is 71.6 Å². The molecule has 12 heavy (non-hydrogen) atoms. The van der Waals surface area contributed by atoms with Gasteiger partial charge in [0.05, 0.1) is 0 Å². The lowest BCUT2D eigenvalue weighted by Gasteiger charge is -2.06. The molecule has 0 aliphatic carbocycles. The van der Waals surface area contributed by atoms with Gasteiger partial charge in [0, 0.05) is 12.5 Å². The van der Waals surface area contributed by atoms with Gasteiger partial charge in [-0.1, -0.05) is 12.1 Å². The third-order valence-electron chi connectivity index (χ3n) is 2.21. The van der Waals surface area contributed by atoms with E-state index < -0.39 is 0 Å². The summed E-state index contributed by atoms with van der Waals surface area (Å²) < 4.78 is 12.5. The van der Waals surface area contributed by atoms with E-state index in [2.05, 4.69) is 11.7 Å². The molecule has 1 fully saturated rings. The lowest BCUT2D eigenvalue weighted by molar-refractivity contribution is 0.626. The average Bonchev–Trinajstić information content (AvgIpc) is 2.58. The number of nitrogens with one attached hydrogen (secondary N) is 1. The van der Waals surface area contributed by atoms with E-state index in [1.807, 2.05) is 12.1 Å². The fourth-order valence-electron chi connectivity index (χ4n) is 1.51. The van der Waals surface area contributed by atoms with Crippen molar-refractivity contribution in [1.29, 1.82) is 0 Å². The van der Waals surface area contributed by atoms with Crippen molar-refractivity contribution < 1.29 is 4.39 Å². The van der Waals surface area contributed by atoms with Crippen molar-refractivity contribution in [3.63, 3.8) is 0 Å². The number of halogens is 1. The van der Waals surface area contributed by atoms with Crippen LogP contribution in [0.3, 0.4) is 0 Å². The first-order chi connectivity index (χ1) is 5.86. The Morgan fingerprint density at radius 1 is 1.25 bits per heavy atom. The van der Waals surface area contributed by atoms with Gasteiger partial charge in [-0.05, 0) is 30.7 Å². The summed E-state index contributed by atoms with van der Waals surface area (Å²) in [6, 6.07) is 6.73. The molecular formula is C10H11FN. The minimum absolute atomic E-state index is 0.162. The molecule has 1 nitrogen and oxygen atoms in total. The number of hydrogen-bond donors (Lipinski definition) is 1. The summed E-state index contributed by atoms with van der Waals surface area (Å²) in [7, 11) is 0. The molecule has 1 aromatic rings. The predicted molar refractivity (Wildman–Crippen MR) is 46.3 cm³/mol. The Hall–Kier alpha value is -0.890. The standard InChI is InChI=1S/C10H11FN/c11-10-3-1-8(2-4-10)9-5-6-12-7-9/h1-5,9,12H,6-7H2. The van der Waals surface area contributed by atoms with Gasteiger partial charge < -0.3 is 5.32 Å². The van der Waals surface area contributed by atoms with Gasteiger partial charge in [-0.3, -0.25) is 0 Å². The largest absolute Gasteiger partial charge is 0.316 e. The maximum atomic E-state index is 12.5. The number of rotatable bonds is 1. The van der Waals surface area contributed by atoms with Gasteiger partial charge in [-0.25, -0.2) is 4.39 Å². The first-order valence-electron chi connectivity index (χ1n) is 4.16. The fourth-order valence-corrected chi connectivity index (χ4v) is 1.51. The predicted octanol–water partition coefficient (Wildman–Crippen LogP) is 1.72. The van der Waals surface area contributed by atoms with Crippen LogP contribution in [0.25, 0.3) is 0 Å². The van der Waals surface area contributed by atoms with Crippen molar-refractivity contribution in [3.05, 3.63) is 42.1 Å². The van der Waals surface area contributed by atoms with Crippen LogP contribution in [0.15, 0.2) is 24.3 Å². The topological polar surface area (TPSA) is 12.0 Å². The van der Waals surface area contributed by atoms with Crippen molar-refractivity contribution in [1.82, 2.24) is 5.32 Å². The maximum Gasteiger partial charge on any atom is 0.123 e. The summed E-state index contributed by atoms with van der Waals surface area (Å²) >= 11 is 0. The Morgan fingerprint density at radius 2 is 2.00 bits per heavy atom. The molecule has 1 aromatic carbocycles. The molecule has 1 saturated heterocycles. The molecule has 1 aliphatic heterocycles. The Kier molecular flexibility index (Phi) is 2.09. The van der Waals surface area contributed by atoms with Crippen LogP contribution in [0.2, 0.25) is 0 Å². The quantitative estimate of drug-likeness (QED) is 0.666. The van der Waals surface area contributed by atoms with Gasteiger partial charge in [-0.15, -0.1) is 0 Å². The smallest absolute Gasteiger partial charge is 0.123 e. The summed E-state index contributed by atoms with van der Waals surface area (Å²) in [5.74, 6) is 0.301. The Balaban J connectivity index is 2.17. The van der Waals surface area contributed by atoms with E-state index in [-0.39, 0.29) is 5.82 Å². The van der Waals surface area contributed by atoms with Crippen LogP contribution in [0.1, 0.15) is 11.5 Å². The molecule has 0 amide bonds. The van der Waals surface area contributed by atoms with Crippen LogP contribution in [-0.4, -0.2) is 13.1 Å². The molecule has 2 rings (SSSR count). The van der Waals surface area contributed by atoms with Crippen LogP contribution >= 0.6 is 0 Å². The van der Waals surface area contributed by atoms with Gasteiger partial charge in [0.2, 0.25) is 0 Å². The molecule has 1 atom stereocenters. The van der Waals surface area contributed by atoms with E-state index in [4.69, 9.17) is 0 Å². The summed E-state index contributed by atoms with van der Waals surface area (Å²) in [6.07, 6.45) is 2.22. The molecule has 0 aromatic heterocycles. The van der Waals surface area contributed by atoms with Crippen molar-refractivity contribution in [2.24, 2.45) is 0 Å². The maximum absolute atomic E-state index is 12.5. The monoisotopic (exact) mass is 164 g/mol. The molecule has 63 valence electrons. The average molecular weight is 164 g/mol. The minimum atomic E-state index is -0.162. The zero-order valence-corrected chi connectivity index (χ0v) is 6.76. The molecule has 2 heteroatoms. The van der Waals surface area contributed by atoms with E-state index in [0.717, 1.165) is 13.1 Å². The van der Waals surface area contributed by atoms with Crippen molar-refractivity contribution >= 4 is 0 Å². The van der Waals surface area contributed by atoms with Crippen LogP contribution in [-0.2, 0) is 0 Å². The van der Waals surface area contributed by atoms with Gasteiger partial charge in [0.25, 0.3) is 0 Å². The first-order valence-corrected chi connectivity index (χ1v) is 4.16. The Morgan fingerprint density at radius 3 is 2.58 bits per heavy atom. The molecule has 1 radical (unpaired) electrons. The molecule has 1 N–H and O–H groups in total. The van der Waals surface area contributed by atoms with Crippen LogP contribution < -0.4 is 5.32 Å².